The Labute approximate surface area is 116 Å². The first-order valence-corrected chi connectivity index (χ1v) is 6.93. The topological polar surface area (TPSA) is 38.9 Å². The molecule has 2 rings (SSSR count). The van der Waals surface area contributed by atoms with Crippen molar-refractivity contribution in [3.63, 3.8) is 0 Å². The van der Waals surface area contributed by atoms with Gasteiger partial charge in [-0.3, -0.25) is 4.98 Å². The van der Waals surface area contributed by atoms with Crippen molar-refractivity contribution in [2.24, 2.45) is 5.73 Å². The molecule has 0 spiro atoms. The molecule has 1 aromatic heterocycles. The minimum absolute atomic E-state index is 0.421. The molecule has 0 aliphatic carbocycles. The lowest BCUT2D eigenvalue weighted by Gasteiger charge is -2.15. The van der Waals surface area contributed by atoms with Gasteiger partial charge in [0.05, 0.1) is 0 Å². The van der Waals surface area contributed by atoms with E-state index in [0.717, 1.165) is 17.3 Å². The normalized spacial score (nSPS) is 12.3. The fourth-order valence-electron chi connectivity index (χ4n) is 2.08. The number of benzene rings is 1. The zero-order valence-electron chi connectivity index (χ0n) is 10.2. The average molecular weight is 305 g/mol. The number of rotatable bonds is 5. The Balaban J connectivity index is 2.00. The van der Waals surface area contributed by atoms with Crippen molar-refractivity contribution in [1.29, 1.82) is 0 Å². The summed E-state index contributed by atoms with van der Waals surface area (Å²) in [5.74, 6) is 0.421. The Morgan fingerprint density at radius 1 is 1.17 bits per heavy atom. The number of aryl methyl sites for hydroxylation is 1. The number of aromatic nitrogens is 1. The molecule has 0 amide bonds. The molecule has 1 heterocycles. The highest BCUT2D eigenvalue weighted by Gasteiger charge is 2.09. The Morgan fingerprint density at radius 3 is 2.61 bits per heavy atom. The fraction of sp³-hybridized carbons (Fsp3) is 0.267. The van der Waals surface area contributed by atoms with Gasteiger partial charge in [0, 0.05) is 16.9 Å². The molecule has 0 saturated heterocycles. The summed E-state index contributed by atoms with van der Waals surface area (Å²) in [4.78, 5) is 4.18. The highest BCUT2D eigenvalue weighted by molar-refractivity contribution is 9.10. The predicted molar refractivity (Wildman–Crippen MR) is 78.5 cm³/mol. The minimum atomic E-state index is 0.421. The van der Waals surface area contributed by atoms with Gasteiger partial charge in [0.15, 0.2) is 0 Å². The van der Waals surface area contributed by atoms with Crippen LogP contribution in [0.2, 0.25) is 0 Å². The largest absolute Gasteiger partial charge is 0.330 e. The lowest BCUT2D eigenvalue weighted by Crippen LogP contribution is -2.13. The zero-order chi connectivity index (χ0) is 12.8. The maximum atomic E-state index is 5.87. The van der Waals surface area contributed by atoms with Crippen LogP contribution in [-0.2, 0) is 6.42 Å². The molecule has 1 unspecified atom stereocenters. The molecule has 2 N–H and O–H groups in total. The lowest BCUT2D eigenvalue weighted by atomic mass is 9.93. The molecule has 0 radical (unpaired) electrons. The van der Waals surface area contributed by atoms with Crippen molar-refractivity contribution in [2.45, 2.75) is 18.8 Å². The number of hydrogen-bond donors (Lipinski definition) is 1. The molecule has 2 nitrogen and oxygen atoms in total. The number of nitrogens with zero attached hydrogens (tertiary/aromatic N) is 1. The first-order valence-electron chi connectivity index (χ1n) is 6.14. The van der Waals surface area contributed by atoms with Crippen LogP contribution in [0.1, 0.15) is 23.5 Å². The first-order chi connectivity index (χ1) is 8.79. The minimum Gasteiger partial charge on any atom is -0.330 e. The smallest absolute Gasteiger partial charge is 0.0410 e. The summed E-state index contributed by atoms with van der Waals surface area (Å²) in [6.07, 6.45) is 5.78. The number of hydrogen-bond acceptors (Lipinski definition) is 2. The summed E-state index contributed by atoms with van der Waals surface area (Å²) in [7, 11) is 0. The summed E-state index contributed by atoms with van der Waals surface area (Å²) >= 11 is 3.44. The van der Waals surface area contributed by atoms with Crippen LogP contribution < -0.4 is 5.73 Å². The molecule has 0 saturated carbocycles. The van der Waals surface area contributed by atoms with Crippen molar-refractivity contribution < 1.29 is 0 Å². The Morgan fingerprint density at radius 2 is 1.94 bits per heavy atom. The molecule has 94 valence electrons. The van der Waals surface area contributed by atoms with E-state index < -0.39 is 0 Å². The van der Waals surface area contributed by atoms with Gasteiger partial charge in [0.2, 0.25) is 0 Å². The first kappa shape index (κ1) is 13.2. The number of pyridine rings is 1. The highest BCUT2D eigenvalue weighted by atomic mass is 79.9. The van der Waals surface area contributed by atoms with Crippen LogP contribution in [0.15, 0.2) is 53.3 Å². The monoisotopic (exact) mass is 304 g/mol. The summed E-state index contributed by atoms with van der Waals surface area (Å²) in [6, 6.07) is 12.6. The quantitative estimate of drug-likeness (QED) is 0.918. The predicted octanol–water partition coefficient (Wildman–Crippen LogP) is 3.52. The van der Waals surface area contributed by atoms with Gasteiger partial charge in [0.25, 0.3) is 0 Å². The molecule has 0 fully saturated rings. The van der Waals surface area contributed by atoms with E-state index >= 15 is 0 Å². The SMILES string of the molecule is NCC(CCc1cncc(Br)c1)c1ccccc1. The van der Waals surface area contributed by atoms with E-state index in [4.69, 9.17) is 5.73 Å². The van der Waals surface area contributed by atoms with Gasteiger partial charge < -0.3 is 5.73 Å². The van der Waals surface area contributed by atoms with E-state index in [2.05, 4.69) is 51.2 Å². The standard InChI is InChI=1S/C15H17BrN2/c16-15-8-12(10-18-11-15)6-7-14(9-17)13-4-2-1-3-5-13/h1-5,8,10-11,14H,6-7,9,17H2. The van der Waals surface area contributed by atoms with Gasteiger partial charge in [-0.05, 0) is 58.4 Å². The number of halogens is 1. The summed E-state index contributed by atoms with van der Waals surface area (Å²) in [5.41, 5.74) is 8.44. The summed E-state index contributed by atoms with van der Waals surface area (Å²) < 4.78 is 1.03. The van der Waals surface area contributed by atoms with E-state index in [0.29, 0.717) is 12.5 Å². The second-order valence-electron chi connectivity index (χ2n) is 4.39. The lowest BCUT2D eigenvalue weighted by molar-refractivity contribution is 0.633. The fourth-order valence-corrected chi connectivity index (χ4v) is 2.49. The third kappa shape index (κ3) is 3.65. The molecular weight excluding hydrogens is 288 g/mol. The molecule has 2 aromatic rings. The second-order valence-corrected chi connectivity index (χ2v) is 5.31. The highest BCUT2D eigenvalue weighted by Crippen LogP contribution is 2.21. The van der Waals surface area contributed by atoms with E-state index in [1.807, 2.05) is 12.3 Å². The Bertz CT molecular complexity index is 485. The summed E-state index contributed by atoms with van der Waals surface area (Å²) in [6.45, 7) is 0.686. The van der Waals surface area contributed by atoms with Gasteiger partial charge in [-0.1, -0.05) is 30.3 Å². The van der Waals surface area contributed by atoms with Crippen LogP contribution in [0.5, 0.6) is 0 Å². The molecule has 0 aliphatic heterocycles. The van der Waals surface area contributed by atoms with E-state index in [9.17, 15) is 0 Å². The summed E-state index contributed by atoms with van der Waals surface area (Å²) in [5, 5.41) is 0. The average Bonchev–Trinajstić information content (AvgIpc) is 2.41. The molecule has 1 atom stereocenters. The van der Waals surface area contributed by atoms with E-state index in [1.54, 1.807) is 6.20 Å². The Kier molecular flexibility index (Phi) is 4.90. The van der Waals surface area contributed by atoms with E-state index in [-0.39, 0.29) is 0 Å². The molecule has 0 aliphatic rings. The molecule has 0 bridgehead atoms. The van der Waals surface area contributed by atoms with Crippen molar-refractivity contribution in [3.8, 4) is 0 Å². The van der Waals surface area contributed by atoms with Crippen LogP contribution in [0.3, 0.4) is 0 Å². The zero-order valence-corrected chi connectivity index (χ0v) is 11.8. The van der Waals surface area contributed by atoms with Crippen LogP contribution in [-0.4, -0.2) is 11.5 Å². The van der Waals surface area contributed by atoms with Crippen LogP contribution in [0.4, 0.5) is 0 Å². The Hall–Kier alpha value is -1.19. The van der Waals surface area contributed by atoms with Gasteiger partial charge in [-0.15, -0.1) is 0 Å². The van der Waals surface area contributed by atoms with Gasteiger partial charge in [-0.2, -0.15) is 0 Å². The van der Waals surface area contributed by atoms with Crippen molar-refractivity contribution in [1.82, 2.24) is 4.98 Å². The van der Waals surface area contributed by atoms with Crippen LogP contribution in [0, 0.1) is 0 Å². The van der Waals surface area contributed by atoms with E-state index in [1.165, 1.54) is 11.1 Å². The third-order valence-corrected chi connectivity index (χ3v) is 3.53. The maximum Gasteiger partial charge on any atom is 0.0410 e. The molecule has 3 heteroatoms. The second kappa shape index (κ2) is 6.66. The van der Waals surface area contributed by atoms with Crippen molar-refractivity contribution >= 4 is 15.9 Å². The van der Waals surface area contributed by atoms with Crippen LogP contribution >= 0.6 is 15.9 Å². The molecular formula is C15H17BrN2. The van der Waals surface area contributed by atoms with Gasteiger partial charge in [0.1, 0.15) is 0 Å². The van der Waals surface area contributed by atoms with Gasteiger partial charge in [-0.25, -0.2) is 0 Å². The molecule has 1 aromatic carbocycles. The van der Waals surface area contributed by atoms with Crippen molar-refractivity contribution in [3.05, 3.63) is 64.4 Å². The molecule has 18 heavy (non-hydrogen) atoms. The van der Waals surface area contributed by atoms with Gasteiger partial charge >= 0.3 is 0 Å². The van der Waals surface area contributed by atoms with Crippen molar-refractivity contribution in [2.75, 3.05) is 6.54 Å². The van der Waals surface area contributed by atoms with Crippen LogP contribution in [0.25, 0.3) is 0 Å². The number of nitrogens with two attached hydrogens (primary N) is 1. The maximum absolute atomic E-state index is 5.87. The third-order valence-electron chi connectivity index (χ3n) is 3.10.